The van der Waals surface area contributed by atoms with Crippen molar-refractivity contribution in [1.82, 2.24) is 9.88 Å². The Labute approximate surface area is 204 Å². The first kappa shape index (κ1) is 24.8. The normalized spacial score (nSPS) is 21.6. The van der Waals surface area contributed by atoms with Gasteiger partial charge in [0.15, 0.2) is 0 Å². The maximum atomic E-state index is 9.06. The van der Waals surface area contributed by atoms with Crippen LogP contribution < -0.4 is 5.73 Å². The molecule has 1 aromatic heterocycles. The van der Waals surface area contributed by atoms with Crippen molar-refractivity contribution in [1.29, 1.82) is 0 Å². The first-order chi connectivity index (χ1) is 15.7. The number of piperidine rings is 1. The van der Waals surface area contributed by atoms with E-state index in [0.717, 1.165) is 45.2 Å². The minimum Gasteiger partial charge on any atom is -0.396 e. The summed E-state index contributed by atoms with van der Waals surface area (Å²) in [6.07, 6.45) is 7.83. The summed E-state index contributed by atoms with van der Waals surface area (Å²) in [5.74, 6) is 0.551. The van der Waals surface area contributed by atoms with Crippen LogP contribution >= 0.6 is 11.3 Å². The third-order valence-electron chi connectivity index (χ3n) is 8.30. The second-order valence-corrected chi connectivity index (χ2v) is 12.4. The molecule has 1 aliphatic heterocycles. The molecule has 3 N–H and O–H groups in total. The molecule has 1 saturated heterocycles. The van der Waals surface area contributed by atoms with Crippen LogP contribution in [-0.2, 0) is 10.8 Å². The number of unbranched alkanes of at least 4 members (excludes halogenated alkanes) is 1. The lowest BCUT2D eigenvalue weighted by Gasteiger charge is -2.42. The van der Waals surface area contributed by atoms with Gasteiger partial charge < -0.3 is 10.8 Å². The lowest BCUT2D eigenvalue weighted by Crippen LogP contribution is -2.44. The Hall–Kier alpha value is -1.27. The summed E-state index contributed by atoms with van der Waals surface area (Å²) < 4.78 is 0. The molecule has 1 atom stereocenters. The van der Waals surface area contributed by atoms with E-state index in [4.69, 9.17) is 15.8 Å². The number of benzene rings is 1. The molecule has 0 radical (unpaired) electrons. The second kappa shape index (κ2) is 10.2. The van der Waals surface area contributed by atoms with Crippen LogP contribution in [0.2, 0.25) is 0 Å². The number of aliphatic hydroxyl groups is 1. The molecule has 0 amide bonds. The van der Waals surface area contributed by atoms with Crippen molar-refractivity contribution in [2.24, 2.45) is 5.73 Å². The number of aromatic nitrogens is 1. The zero-order chi connectivity index (χ0) is 23.6. The van der Waals surface area contributed by atoms with Crippen molar-refractivity contribution < 1.29 is 5.11 Å². The molecule has 0 spiro atoms. The van der Waals surface area contributed by atoms with E-state index in [0.29, 0.717) is 18.5 Å². The molecule has 4 nitrogen and oxygen atoms in total. The van der Waals surface area contributed by atoms with Crippen LogP contribution in [0.3, 0.4) is 0 Å². The standard InChI is InChI=1S/C28H43N3OS/c1-27(2)12-13-28(3,4)24-17-21(8-9-23(24)27)26-30-25(19-33-26)20-10-14-31(15-11-20)22(18-29)7-5-6-16-32/h8-9,17,19-20,22,32H,5-7,10-16,18,29H2,1-4H3. The molecule has 2 heterocycles. The van der Waals surface area contributed by atoms with Crippen LogP contribution in [0.25, 0.3) is 10.6 Å². The molecule has 0 bridgehead atoms. The Morgan fingerprint density at radius 1 is 1.09 bits per heavy atom. The van der Waals surface area contributed by atoms with Gasteiger partial charge in [-0.2, -0.15) is 0 Å². The average molecular weight is 470 g/mol. The molecule has 2 aromatic rings. The fourth-order valence-corrected chi connectivity index (χ4v) is 6.73. The fraction of sp³-hybridized carbons (Fsp3) is 0.679. The molecule has 1 fully saturated rings. The Kier molecular flexibility index (Phi) is 7.64. The first-order valence-electron chi connectivity index (χ1n) is 12.9. The number of thiazole rings is 1. The third kappa shape index (κ3) is 5.37. The zero-order valence-corrected chi connectivity index (χ0v) is 21.9. The van der Waals surface area contributed by atoms with Crippen LogP contribution in [0.1, 0.15) is 95.4 Å². The number of nitrogens with zero attached hydrogens (tertiary/aromatic N) is 2. The summed E-state index contributed by atoms with van der Waals surface area (Å²) >= 11 is 1.80. The van der Waals surface area contributed by atoms with Gasteiger partial charge in [0.05, 0.1) is 5.69 Å². The highest BCUT2D eigenvalue weighted by Gasteiger charge is 2.37. The van der Waals surface area contributed by atoms with Crippen LogP contribution in [0.4, 0.5) is 0 Å². The topological polar surface area (TPSA) is 62.4 Å². The van der Waals surface area contributed by atoms with Gasteiger partial charge >= 0.3 is 0 Å². The summed E-state index contributed by atoms with van der Waals surface area (Å²) in [5.41, 5.74) is 12.1. The fourth-order valence-electron chi connectivity index (χ4n) is 5.83. The highest BCUT2D eigenvalue weighted by atomic mass is 32.1. The molecule has 1 aromatic carbocycles. The minimum absolute atomic E-state index is 0.227. The van der Waals surface area contributed by atoms with Crippen molar-refractivity contribution in [2.75, 3.05) is 26.2 Å². The number of rotatable bonds is 8. The predicted octanol–water partition coefficient (Wildman–Crippen LogP) is 5.83. The minimum atomic E-state index is 0.227. The average Bonchev–Trinajstić information content (AvgIpc) is 3.30. The van der Waals surface area contributed by atoms with E-state index >= 15 is 0 Å². The van der Waals surface area contributed by atoms with E-state index in [9.17, 15) is 0 Å². The molecule has 4 rings (SSSR count). The molecule has 0 saturated carbocycles. The monoisotopic (exact) mass is 469 g/mol. The predicted molar refractivity (Wildman–Crippen MR) is 140 cm³/mol. The van der Waals surface area contributed by atoms with Gasteiger partial charge in [-0.25, -0.2) is 4.98 Å². The van der Waals surface area contributed by atoms with Gasteiger partial charge in [-0.15, -0.1) is 11.3 Å². The summed E-state index contributed by atoms with van der Waals surface area (Å²) in [4.78, 5) is 7.70. The zero-order valence-electron chi connectivity index (χ0n) is 21.1. The summed E-state index contributed by atoms with van der Waals surface area (Å²) in [7, 11) is 0. The van der Waals surface area contributed by atoms with Crippen molar-refractivity contribution in [3.05, 3.63) is 40.4 Å². The van der Waals surface area contributed by atoms with Crippen molar-refractivity contribution >= 4 is 11.3 Å². The van der Waals surface area contributed by atoms with Crippen molar-refractivity contribution in [3.63, 3.8) is 0 Å². The number of hydrogen-bond donors (Lipinski definition) is 2. The lowest BCUT2D eigenvalue weighted by atomic mass is 9.63. The first-order valence-corrected chi connectivity index (χ1v) is 13.8. The SMILES string of the molecule is CC1(C)CCC(C)(C)c2cc(-c3nc(C4CCN(C(CN)CCCCO)CC4)cs3)ccc21. The van der Waals surface area contributed by atoms with Gasteiger partial charge in [-0.3, -0.25) is 4.90 Å². The molecule has 2 aliphatic rings. The lowest BCUT2D eigenvalue weighted by molar-refractivity contribution is 0.143. The summed E-state index contributed by atoms with van der Waals surface area (Å²) in [5, 5.41) is 12.5. The van der Waals surface area contributed by atoms with Crippen molar-refractivity contribution in [3.8, 4) is 10.6 Å². The van der Waals surface area contributed by atoms with E-state index in [2.05, 4.69) is 56.2 Å². The molecule has 182 valence electrons. The van der Waals surface area contributed by atoms with E-state index in [1.165, 1.54) is 40.2 Å². The maximum absolute atomic E-state index is 9.06. The number of nitrogens with two attached hydrogens (primary N) is 1. The Bertz CT molecular complexity index is 927. The smallest absolute Gasteiger partial charge is 0.123 e. The molecule has 1 unspecified atom stereocenters. The molecule has 33 heavy (non-hydrogen) atoms. The summed E-state index contributed by atoms with van der Waals surface area (Å²) in [6, 6.07) is 7.55. The number of aliphatic hydroxyl groups excluding tert-OH is 1. The van der Waals surface area contributed by atoms with E-state index < -0.39 is 0 Å². The molecular weight excluding hydrogens is 426 g/mol. The van der Waals surface area contributed by atoms with Gasteiger partial charge in [0.25, 0.3) is 0 Å². The Balaban J connectivity index is 1.44. The number of likely N-dealkylation sites (tertiary alicyclic amines) is 1. The largest absolute Gasteiger partial charge is 0.396 e. The van der Waals surface area contributed by atoms with E-state index in [1.807, 2.05) is 0 Å². The molecular formula is C28H43N3OS. The van der Waals surface area contributed by atoms with Gasteiger partial charge in [-0.05, 0) is 86.1 Å². The third-order valence-corrected chi connectivity index (χ3v) is 9.21. The maximum Gasteiger partial charge on any atom is 0.123 e. The van der Waals surface area contributed by atoms with Crippen LogP contribution in [0.15, 0.2) is 23.6 Å². The van der Waals surface area contributed by atoms with Crippen LogP contribution in [0.5, 0.6) is 0 Å². The van der Waals surface area contributed by atoms with Crippen LogP contribution in [0, 0.1) is 0 Å². The highest BCUT2D eigenvalue weighted by molar-refractivity contribution is 7.13. The van der Waals surface area contributed by atoms with Gasteiger partial charge in [-0.1, -0.05) is 39.8 Å². The van der Waals surface area contributed by atoms with Crippen molar-refractivity contribution in [2.45, 2.75) is 95.4 Å². The summed E-state index contributed by atoms with van der Waals surface area (Å²) in [6.45, 7) is 12.7. The van der Waals surface area contributed by atoms with E-state index in [1.54, 1.807) is 11.3 Å². The number of hydrogen-bond acceptors (Lipinski definition) is 5. The molecule has 1 aliphatic carbocycles. The number of fused-ring (bicyclic) bond motifs is 1. The van der Waals surface area contributed by atoms with Gasteiger partial charge in [0.2, 0.25) is 0 Å². The quantitative estimate of drug-likeness (QED) is 0.478. The Morgan fingerprint density at radius 2 is 1.79 bits per heavy atom. The van der Waals surface area contributed by atoms with Crippen LogP contribution in [-0.4, -0.2) is 47.3 Å². The van der Waals surface area contributed by atoms with Gasteiger partial charge in [0.1, 0.15) is 5.01 Å². The Morgan fingerprint density at radius 3 is 2.45 bits per heavy atom. The molecule has 5 heteroatoms. The van der Waals surface area contributed by atoms with E-state index in [-0.39, 0.29) is 17.4 Å². The second-order valence-electron chi connectivity index (χ2n) is 11.5. The van der Waals surface area contributed by atoms with Gasteiger partial charge in [0, 0.05) is 36.1 Å². The highest BCUT2D eigenvalue weighted by Crippen LogP contribution is 2.47.